The Morgan fingerprint density at radius 2 is 1.92 bits per heavy atom. The van der Waals surface area contributed by atoms with Gasteiger partial charge in [-0.3, -0.25) is 0 Å². The lowest BCUT2D eigenvalue weighted by molar-refractivity contribution is 0.0254. The normalized spacial score (nSPS) is 14.4. The predicted octanol–water partition coefficient (Wildman–Crippen LogP) is 2.20. The molecular weight excluding hydrogens is 312 g/mol. The summed E-state index contributed by atoms with van der Waals surface area (Å²) in [6, 6.07) is 0. The van der Waals surface area contributed by atoms with E-state index in [-0.39, 0.29) is 17.1 Å². The van der Waals surface area contributed by atoms with E-state index in [0.29, 0.717) is 31.7 Å². The van der Waals surface area contributed by atoms with Crippen molar-refractivity contribution in [1.82, 2.24) is 9.47 Å². The molecule has 0 fully saturated rings. The van der Waals surface area contributed by atoms with Gasteiger partial charge in [0.25, 0.3) is 0 Å². The fourth-order valence-corrected chi connectivity index (χ4v) is 2.70. The number of hydrogen-bond acceptors (Lipinski definition) is 5. The van der Waals surface area contributed by atoms with E-state index < -0.39 is 17.7 Å². The van der Waals surface area contributed by atoms with Crippen LogP contribution in [0.4, 0.5) is 16.2 Å². The topological polar surface area (TPSA) is 91.2 Å². The minimum absolute atomic E-state index is 0.137. The zero-order valence-electron chi connectivity index (χ0n) is 14.4. The minimum atomic E-state index is -0.589. The Labute approximate surface area is 140 Å². The Bertz CT molecular complexity index is 709. The van der Waals surface area contributed by atoms with Crippen molar-refractivity contribution in [2.75, 3.05) is 25.9 Å². The molecule has 1 aromatic heterocycles. The number of carbonyl (C=O) groups excluding carboxylic acids is 2. The number of ether oxygens (including phenoxy) is 2. The highest BCUT2D eigenvalue weighted by Gasteiger charge is 2.30. The Morgan fingerprint density at radius 3 is 2.46 bits per heavy atom. The van der Waals surface area contributed by atoms with Crippen molar-refractivity contribution in [2.24, 2.45) is 0 Å². The summed E-state index contributed by atoms with van der Waals surface area (Å²) in [5.74, 6) is -0.589. The quantitative estimate of drug-likeness (QED) is 0.628. The van der Waals surface area contributed by atoms with Gasteiger partial charge in [0.1, 0.15) is 11.3 Å². The molecule has 1 aliphatic heterocycles. The zero-order chi connectivity index (χ0) is 18.1. The van der Waals surface area contributed by atoms with Gasteiger partial charge in [-0.1, -0.05) is 0 Å². The third-order valence-corrected chi connectivity index (χ3v) is 3.73. The van der Waals surface area contributed by atoms with Crippen molar-refractivity contribution in [3.63, 3.8) is 0 Å². The van der Waals surface area contributed by atoms with Crippen LogP contribution >= 0.6 is 0 Å². The molecule has 0 spiro atoms. The van der Waals surface area contributed by atoms with Gasteiger partial charge in [0.15, 0.2) is 0 Å². The minimum Gasteiger partial charge on any atom is -0.464 e. The Morgan fingerprint density at radius 1 is 1.25 bits per heavy atom. The number of nitrogens with zero attached hydrogens (tertiary/aromatic N) is 3. The van der Waals surface area contributed by atoms with Crippen LogP contribution in [0.1, 0.15) is 37.0 Å². The van der Waals surface area contributed by atoms with Crippen LogP contribution in [0.3, 0.4) is 0 Å². The van der Waals surface area contributed by atoms with Crippen LogP contribution in [-0.2, 0) is 22.4 Å². The third kappa shape index (κ3) is 3.30. The van der Waals surface area contributed by atoms with E-state index >= 15 is 0 Å². The summed E-state index contributed by atoms with van der Waals surface area (Å²) >= 11 is 0. The second-order valence-electron chi connectivity index (χ2n) is 6.53. The number of methoxy groups -OCH3 is 1. The summed E-state index contributed by atoms with van der Waals surface area (Å²) in [5.41, 5.74) is 6.58. The summed E-state index contributed by atoms with van der Waals surface area (Å²) in [7, 11) is 1.27. The van der Waals surface area contributed by atoms with Gasteiger partial charge in [-0.15, -0.1) is 0 Å². The summed E-state index contributed by atoms with van der Waals surface area (Å²) in [6.45, 7) is 13.8. The van der Waals surface area contributed by atoms with Gasteiger partial charge in [0, 0.05) is 25.3 Å². The number of fused-ring (bicyclic) bond motifs is 1. The van der Waals surface area contributed by atoms with E-state index in [1.165, 1.54) is 7.11 Å². The first kappa shape index (κ1) is 17.7. The van der Waals surface area contributed by atoms with Crippen LogP contribution in [0.25, 0.3) is 4.85 Å². The molecule has 2 N–H and O–H groups in total. The molecular formula is C16H22N4O4. The Kier molecular flexibility index (Phi) is 4.73. The molecule has 0 saturated carbocycles. The summed E-state index contributed by atoms with van der Waals surface area (Å²) in [5, 5.41) is 0. The largest absolute Gasteiger partial charge is 0.464 e. The summed E-state index contributed by atoms with van der Waals surface area (Å²) < 4.78 is 11.8. The molecule has 8 nitrogen and oxygen atoms in total. The van der Waals surface area contributed by atoms with Gasteiger partial charge >= 0.3 is 12.1 Å². The van der Waals surface area contributed by atoms with Gasteiger partial charge < -0.3 is 24.7 Å². The first-order valence-electron chi connectivity index (χ1n) is 7.64. The lowest BCUT2D eigenvalue weighted by Gasteiger charge is -2.26. The Hall–Kier alpha value is -2.69. The van der Waals surface area contributed by atoms with Crippen LogP contribution in [0.5, 0.6) is 0 Å². The maximum absolute atomic E-state index is 12.3. The second kappa shape index (κ2) is 6.43. The fourth-order valence-electron chi connectivity index (χ4n) is 2.70. The van der Waals surface area contributed by atoms with Crippen molar-refractivity contribution in [3.8, 4) is 0 Å². The summed E-state index contributed by atoms with van der Waals surface area (Å²) in [6.07, 6.45) is 0.00298. The molecule has 0 aromatic carbocycles. The van der Waals surface area contributed by atoms with E-state index in [0.717, 1.165) is 0 Å². The maximum Gasteiger partial charge on any atom is 0.410 e. The highest BCUT2D eigenvalue weighted by molar-refractivity contribution is 5.98. The monoisotopic (exact) mass is 334 g/mol. The molecule has 24 heavy (non-hydrogen) atoms. The van der Waals surface area contributed by atoms with Crippen LogP contribution < -0.4 is 5.73 Å². The molecule has 1 amide bonds. The maximum atomic E-state index is 12.3. The molecule has 1 aromatic rings. The first-order valence-corrected chi connectivity index (χ1v) is 7.64. The molecule has 1 aliphatic rings. The van der Waals surface area contributed by atoms with Crippen LogP contribution in [0, 0.1) is 6.57 Å². The number of carbonyl (C=O) groups is 2. The lowest BCUT2D eigenvalue weighted by Crippen LogP contribution is -2.38. The van der Waals surface area contributed by atoms with Crippen LogP contribution in [0.2, 0.25) is 0 Å². The number of aromatic nitrogens is 1. The highest BCUT2D eigenvalue weighted by atomic mass is 16.6. The number of nitrogens with two attached hydrogens (primary N) is 1. The second-order valence-corrected chi connectivity index (χ2v) is 6.53. The van der Waals surface area contributed by atoms with Crippen molar-refractivity contribution < 1.29 is 19.1 Å². The van der Waals surface area contributed by atoms with Gasteiger partial charge in [0.05, 0.1) is 19.4 Å². The number of amides is 1. The molecule has 0 unspecified atom stereocenters. The van der Waals surface area contributed by atoms with Gasteiger partial charge in [0.2, 0.25) is 5.69 Å². The standard InChI is InChI=1S/C16H22N4O4/c1-16(2,3)24-15(22)19-7-6-10-12(18-4)11(17)13(14(21)23-5)20(10)9-8-19/h6-9,17H2,1-3,5H3. The average molecular weight is 334 g/mol. The van der Waals surface area contributed by atoms with Crippen molar-refractivity contribution >= 4 is 23.4 Å². The summed E-state index contributed by atoms with van der Waals surface area (Å²) in [4.78, 5) is 29.3. The van der Waals surface area contributed by atoms with E-state index in [1.807, 2.05) is 0 Å². The zero-order valence-corrected chi connectivity index (χ0v) is 14.4. The Balaban J connectivity index is 2.32. The molecule has 0 aliphatic carbocycles. The lowest BCUT2D eigenvalue weighted by atomic mass is 10.2. The molecule has 0 atom stereocenters. The number of nitrogen functional groups attached to an aromatic ring is 1. The highest BCUT2D eigenvalue weighted by Crippen LogP contribution is 2.35. The molecule has 2 rings (SSSR count). The number of esters is 1. The molecule has 8 heteroatoms. The SMILES string of the molecule is [C-]#[N+]c1c(N)c(C(=O)OC)n2c1CCN(C(=O)OC(C)(C)C)CC2. The predicted molar refractivity (Wildman–Crippen MR) is 88.0 cm³/mol. The molecule has 0 saturated heterocycles. The number of anilines is 1. The first-order chi connectivity index (χ1) is 11.2. The van der Waals surface area contributed by atoms with E-state index in [9.17, 15) is 9.59 Å². The van der Waals surface area contributed by atoms with Crippen LogP contribution in [-0.4, -0.2) is 47.3 Å². The van der Waals surface area contributed by atoms with Gasteiger partial charge in [-0.05, 0) is 27.2 Å². The van der Waals surface area contributed by atoms with Crippen LogP contribution in [0.15, 0.2) is 0 Å². The van der Waals surface area contributed by atoms with Crippen molar-refractivity contribution in [1.29, 1.82) is 0 Å². The number of rotatable bonds is 1. The molecule has 2 heterocycles. The van der Waals surface area contributed by atoms with E-state index in [1.54, 1.807) is 30.2 Å². The third-order valence-electron chi connectivity index (χ3n) is 3.73. The molecule has 0 bridgehead atoms. The smallest absolute Gasteiger partial charge is 0.410 e. The van der Waals surface area contributed by atoms with Crippen molar-refractivity contribution in [2.45, 2.75) is 39.3 Å². The molecule has 0 radical (unpaired) electrons. The number of hydrogen-bond donors (Lipinski definition) is 1. The van der Waals surface area contributed by atoms with Gasteiger partial charge in [-0.25, -0.2) is 14.4 Å². The van der Waals surface area contributed by atoms with E-state index in [4.69, 9.17) is 21.8 Å². The fraction of sp³-hybridized carbons (Fsp3) is 0.562. The molecule has 130 valence electrons. The van der Waals surface area contributed by atoms with E-state index in [2.05, 4.69) is 4.85 Å². The van der Waals surface area contributed by atoms with Crippen molar-refractivity contribution in [3.05, 3.63) is 22.8 Å². The van der Waals surface area contributed by atoms with Gasteiger partial charge in [-0.2, -0.15) is 0 Å². The average Bonchev–Trinajstić information content (AvgIpc) is 2.62.